The zero-order valence-corrected chi connectivity index (χ0v) is 38.8. The number of para-hydroxylation sites is 1. The number of nitrogens with zero attached hydrogens (tertiary/aromatic N) is 4. The molecule has 69 heavy (non-hydrogen) atoms. The van der Waals surface area contributed by atoms with Crippen molar-refractivity contribution in [2.75, 3.05) is 14.7 Å². The van der Waals surface area contributed by atoms with Crippen molar-refractivity contribution in [1.82, 2.24) is 0 Å². The van der Waals surface area contributed by atoms with Crippen LogP contribution in [-0.2, 0) is 6.42 Å². The van der Waals surface area contributed by atoms with Crippen LogP contribution in [-0.4, -0.2) is 30.0 Å². The van der Waals surface area contributed by atoms with E-state index in [4.69, 9.17) is 10.7 Å². The van der Waals surface area contributed by atoms with Gasteiger partial charge in [0.05, 0.1) is 30.2 Å². The van der Waals surface area contributed by atoms with Crippen molar-refractivity contribution in [3.63, 3.8) is 0 Å². The molecule has 1 fully saturated rings. The number of hydrogen-bond donors (Lipinski definition) is 1. The van der Waals surface area contributed by atoms with E-state index in [0.717, 1.165) is 31.2 Å². The van der Waals surface area contributed by atoms with Crippen LogP contribution in [0.2, 0.25) is 0 Å². The number of aryl methyl sites for hydroxylation is 1. The number of aliphatic imine (C=N–C) groups is 1. The third-order valence-electron chi connectivity index (χ3n) is 15.9. The molecule has 0 aromatic heterocycles. The quantitative estimate of drug-likeness (QED) is 0.112. The molecule has 5 aromatic rings. The van der Waals surface area contributed by atoms with E-state index in [0.29, 0.717) is 35.7 Å². The van der Waals surface area contributed by atoms with Crippen LogP contribution in [0.15, 0.2) is 247 Å². The van der Waals surface area contributed by atoms with Crippen molar-refractivity contribution in [1.29, 1.82) is 0 Å². The van der Waals surface area contributed by atoms with Gasteiger partial charge < -0.3 is 20.4 Å². The smallest absolute Gasteiger partial charge is 0.126 e. The maximum atomic E-state index is 7.06. The number of allylic oxidation sites excluding steroid dienone is 11. The first-order valence-corrected chi connectivity index (χ1v) is 25.1. The molecule has 0 bridgehead atoms. The fourth-order valence-corrected chi connectivity index (χ4v) is 12.8. The largest absolute Gasteiger partial charge is 0.383 e. The normalized spacial score (nSPS) is 27.0. The minimum Gasteiger partial charge on any atom is -0.383 e. The molecule has 5 aromatic carbocycles. The zero-order valence-electron chi connectivity index (χ0n) is 38.8. The van der Waals surface area contributed by atoms with E-state index < -0.39 is 0 Å². The van der Waals surface area contributed by atoms with Crippen LogP contribution in [0.4, 0.5) is 22.7 Å². The first kappa shape index (κ1) is 41.5. The Bertz CT molecular complexity index is 3110. The minimum atomic E-state index is -0.206. The fourth-order valence-electron chi connectivity index (χ4n) is 12.8. The van der Waals surface area contributed by atoms with Gasteiger partial charge in [0.1, 0.15) is 5.84 Å². The van der Waals surface area contributed by atoms with E-state index in [1.54, 1.807) is 0 Å². The monoisotopic (exact) mass is 895 g/mol. The average Bonchev–Trinajstić information content (AvgIpc) is 4.06. The minimum absolute atomic E-state index is 0.116. The first-order chi connectivity index (χ1) is 34.1. The van der Waals surface area contributed by atoms with Crippen LogP contribution in [0, 0.1) is 17.8 Å². The van der Waals surface area contributed by atoms with Crippen LogP contribution in [0.5, 0.6) is 0 Å². The van der Waals surface area contributed by atoms with Crippen LogP contribution in [0.1, 0.15) is 59.0 Å². The molecule has 3 aliphatic heterocycles. The van der Waals surface area contributed by atoms with E-state index in [9.17, 15) is 0 Å². The third-order valence-corrected chi connectivity index (χ3v) is 15.9. The first-order valence-electron chi connectivity index (χ1n) is 25.1. The lowest BCUT2D eigenvalue weighted by molar-refractivity contribution is 0.527. The average molecular weight is 896 g/mol. The SMILES string of the molecule is NC(=NC(CCc1ccc(N2C3C=CC=CC3C3C=CC=CC32)cc1)c1cc(N2C3=C(C=CCC3)C3C=CC=CC32)cc(N2c3ccccc3C3C=C(c4ccccc4)C=CC32)c1)c1ccccc1. The van der Waals surface area contributed by atoms with Gasteiger partial charge in [-0.1, -0.05) is 194 Å². The summed E-state index contributed by atoms with van der Waals surface area (Å²) in [6, 6.07) is 47.6. The lowest BCUT2D eigenvalue weighted by Crippen LogP contribution is -2.36. The van der Waals surface area contributed by atoms with Crippen LogP contribution in [0.3, 0.4) is 0 Å². The summed E-state index contributed by atoms with van der Waals surface area (Å²) in [6.45, 7) is 0. The summed E-state index contributed by atoms with van der Waals surface area (Å²) in [6.07, 6.45) is 43.4. The van der Waals surface area contributed by atoms with Gasteiger partial charge in [-0.05, 0) is 95.5 Å². The molecule has 5 nitrogen and oxygen atoms in total. The molecule has 9 atom stereocenters. The molecular weight excluding hydrogens is 839 g/mol. The number of amidine groups is 1. The third kappa shape index (κ3) is 7.34. The van der Waals surface area contributed by atoms with E-state index in [-0.39, 0.29) is 24.0 Å². The molecular formula is C64H57N5. The highest BCUT2D eigenvalue weighted by atomic mass is 15.2. The summed E-state index contributed by atoms with van der Waals surface area (Å²) >= 11 is 0. The molecule has 0 radical (unpaired) electrons. The molecule has 1 saturated heterocycles. The summed E-state index contributed by atoms with van der Waals surface area (Å²) in [5.74, 6) is 2.03. The Morgan fingerprint density at radius 2 is 1.25 bits per heavy atom. The Morgan fingerprint density at radius 1 is 0.594 bits per heavy atom. The highest BCUT2D eigenvalue weighted by Crippen LogP contribution is 2.52. The highest BCUT2D eigenvalue weighted by molar-refractivity contribution is 5.97. The predicted molar refractivity (Wildman–Crippen MR) is 287 cm³/mol. The zero-order chi connectivity index (χ0) is 45.8. The second-order valence-corrected chi connectivity index (χ2v) is 19.8. The molecule has 0 spiro atoms. The van der Waals surface area contributed by atoms with Gasteiger partial charge >= 0.3 is 0 Å². The maximum absolute atomic E-state index is 7.06. The number of fused-ring (bicyclic) bond motifs is 8. The second kappa shape index (κ2) is 17.5. The molecule has 5 aliphatic carbocycles. The van der Waals surface area contributed by atoms with Crippen molar-refractivity contribution >= 4 is 34.2 Å². The number of benzene rings is 5. The Kier molecular flexibility index (Phi) is 10.5. The van der Waals surface area contributed by atoms with E-state index in [1.165, 1.54) is 61.8 Å². The maximum Gasteiger partial charge on any atom is 0.126 e. The van der Waals surface area contributed by atoms with Gasteiger partial charge in [-0.2, -0.15) is 0 Å². The van der Waals surface area contributed by atoms with Crippen LogP contribution in [0.25, 0.3) is 5.57 Å². The lowest BCUT2D eigenvalue weighted by atomic mass is 9.83. The van der Waals surface area contributed by atoms with Crippen molar-refractivity contribution < 1.29 is 0 Å². The van der Waals surface area contributed by atoms with Crippen molar-refractivity contribution in [3.8, 4) is 0 Å². The topological polar surface area (TPSA) is 48.1 Å². The van der Waals surface area contributed by atoms with Crippen LogP contribution >= 0.6 is 0 Å². The van der Waals surface area contributed by atoms with Gasteiger partial charge in [0, 0.05) is 57.7 Å². The fraction of sp³-hybridized carbons (Fsp3) is 0.203. The van der Waals surface area contributed by atoms with Crippen molar-refractivity contribution in [3.05, 3.63) is 270 Å². The summed E-state index contributed by atoms with van der Waals surface area (Å²) in [5, 5.41) is 0. The lowest BCUT2D eigenvalue weighted by Gasteiger charge is -2.35. The summed E-state index contributed by atoms with van der Waals surface area (Å²) in [4.78, 5) is 13.4. The number of anilines is 4. The van der Waals surface area contributed by atoms with E-state index in [1.807, 2.05) is 18.2 Å². The molecule has 13 rings (SSSR count). The second-order valence-electron chi connectivity index (χ2n) is 19.8. The van der Waals surface area contributed by atoms with Crippen LogP contribution < -0.4 is 20.4 Å². The van der Waals surface area contributed by atoms with Crippen molar-refractivity contribution in [2.24, 2.45) is 28.5 Å². The Morgan fingerprint density at radius 3 is 2.01 bits per heavy atom. The standard InChI is InChI=1S/C64H57N5/c65-64(45-19-5-2-6-20-45)66-57(37-33-43-31-35-48(36-32-43)67-58-26-12-7-21-51(58)52-22-8-13-27-59(52)67)47-39-49(68-60-28-14-9-23-53(60)54-24-10-15-29-61(54)68)42-50(40-47)69-62-30-16-11-25-55(62)56-41-46(34-38-63(56)69)44-17-3-1-4-18-44/h1-14,16-28,30-32,34-36,38-42,51-53,56-60,63H,15,29,33,37H2,(H2,65,66). The highest BCUT2D eigenvalue weighted by Gasteiger charge is 2.46. The Hall–Kier alpha value is -7.63. The Labute approximate surface area is 407 Å². The van der Waals surface area contributed by atoms with Crippen molar-refractivity contribution in [2.45, 2.75) is 61.8 Å². The molecule has 2 N–H and O–H groups in total. The summed E-state index contributed by atoms with van der Waals surface area (Å²) in [5.41, 5.74) is 22.1. The van der Waals surface area contributed by atoms with Gasteiger partial charge in [-0.15, -0.1) is 0 Å². The molecule has 9 unspecified atom stereocenters. The Balaban J connectivity index is 0.906. The van der Waals surface area contributed by atoms with Gasteiger partial charge in [0.2, 0.25) is 0 Å². The van der Waals surface area contributed by atoms with Gasteiger partial charge in [0.25, 0.3) is 0 Å². The molecule has 338 valence electrons. The van der Waals surface area contributed by atoms with E-state index >= 15 is 0 Å². The summed E-state index contributed by atoms with van der Waals surface area (Å²) < 4.78 is 0. The van der Waals surface area contributed by atoms with Gasteiger partial charge in [-0.3, -0.25) is 4.99 Å². The van der Waals surface area contributed by atoms with E-state index in [2.05, 4.69) is 227 Å². The predicted octanol–water partition coefficient (Wildman–Crippen LogP) is 13.6. The molecule has 3 heterocycles. The molecule has 0 amide bonds. The number of hydrogen-bond acceptors (Lipinski definition) is 4. The molecule has 8 aliphatic rings. The van der Waals surface area contributed by atoms with Gasteiger partial charge in [-0.25, -0.2) is 0 Å². The number of rotatable bonds is 10. The van der Waals surface area contributed by atoms with Gasteiger partial charge in [0.15, 0.2) is 0 Å². The molecule has 5 heteroatoms. The number of nitrogens with two attached hydrogens (primary N) is 1. The summed E-state index contributed by atoms with van der Waals surface area (Å²) in [7, 11) is 0. The molecule has 0 saturated carbocycles.